The van der Waals surface area contributed by atoms with Gasteiger partial charge >= 0.3 is 0 Å². The summed E-state index contributed by atoms with van der Waals surface area (Å²) in [7, 11) is 1.66. The van der Waals surface area contributed by atoms with E-state index in [1.807, 2.05) is 24.3 Å². The quantitative estimate of drug-likeness (QED) is 0.718. The molecule has 3 rings (SSSR count). The molecule has 0 radical (unpaired) electrons. The highest BCUT2D eigenvalue weighted by Gasteiger charge is 2.26. The molecule has 2 aromatic rings. The summed E-state index contributed by atoms with van der Waals surface area (Å²) in [6.45, 7) is 1.69. The van der Waals surface area contributed by atoms with Crippen LogP contribution in [0.4, 0.5) is 10.9 Å². The van der Waals surface area contributed by atoms with Gasteiger partial charge in [0, 0.05) is 19.0 Å². The van der Waals surface area contributed by atoms with Crippen molar-refractivity contribution in [2.24, 2.45) is 0 Å². The summed E-state index contributed by atoms with van der Waals surface area (Å²) in [5, 5.41) is 23.1. The molecule has 1 aliphatic rings. The Balaban J connectivity index is 1.68. The number of thiazole rings is 1. The minimum absolute atomic E-state index is 0.156. The molecule has 2 aromatic heterocycles. The predicted molar refractivity (Wildman–Crippen MR) is 106 cm³/mol. The average molecular weight is 395 g/mol. The normalized spacial score (nSPS) is 16.3. The lowest BCUT2D eigenvalue weighted by Crippen LogP contribution is -2.27. The van der Waals surface area contributed by atoms with Crippen molar-refractivity contribution in [3.05, 3.63) is 35.0 Å². The number of likely N-dealkylation sites (tertiary alicyclic amines) is 1. The highest BCUT2D eigenvalue weighted by Crippen LogP contribution is 2.31. The maximum Gasteiger partial charge on any atom is 0.273 e. The molecule has 8 nitrogen and oxygen atoms in total. The molecule has 0 bridgehead atoms. The molecule has 1 atom stereocenters. The third kappa shape index (κ3) is 4.63. The lowest BCUT2D eigenvalue weighted by Gasteiger charge is -2.21. The van der Waals surface area contributed by atoms with Crippen molar-refractivity contribution in [1.82, 2.24) is 19.8 Å². The van der Waals surface area contributed by atoms with Gasteiger partial charge < -0.3 is 10.2 Å². The Morgan fingerprint density at radius 2 is 2.25 bits per heavy atom. The van der Waals surface area contributed by atoms with Crippen LogP contribution in [0.1, 0.15) is 41.5 Å². The summed E-state index contributed by atoms with van der Waals surface area (Å²) < 4.78 is 0. The van der Waals surface area contributed by atoms with Crippen molar-refractivity contribution < 1.29 is 4.79 Å². The van der Waals surface area contributed by atoms with Crippen LogP contribution in [0.3, 0.4) is 0 Å². The minimum Gasteiger partial charge on any atom is -0.339 e. The molecule has 28 heavy (non-hydrogen) atoms. The second-order valence-electron chi connectivity index (χ2n) is 6.53. The third-order valence-electron chi connectivity index (χ3n) is 4.61. The predicted octanol–water partition coefficient (Wildman–Crippen LogP) is 2.93. The second kappa shape index (κ2) is 9.27. The number of hydrogen-bond donors (Lipinski definition) is 1. The van der Waals surface area contributed by atoms with Gasteiger partial charge in [-0.05, 0) is 31.5 Å². The molecule has 144 valence electrons. The van der Waals surface area contributed by atoms with Crippen molar-refractivity contribution in [3.63, 3.8) is 0 Å². The number of aromatic nitrogens is 2. The average Bonchev–Trinajstić information content (AvgIpc) is 3.35. The Morgan fingerprint density at radius 3 is 3.04 bits per heavy atom. The molecule has 0 saturated carbocycles. The maximum atomic E-state index is 12.3. The molecule has 1 fully saturated rings. The highest BCUT2D eigenvalue weighted by molar-refractivity contribution is 7.14. The number of nitrogens with one attached hydrogen (secondary N) is 1. The van der Waals surface area contributed by atoms with E-state index in [0.29, 0.717) is 29.7 Å². The van der Waals surface area contributed by atoms with Gasteiger partial charge in [-0.2, -0.15) is 10.5 Å². The van der Waals surface area contributed by atoms with Gasteiger partial charge in [0.25, 0.3) is 5.91 Å². The van der Waals surface area contributed by atoms with E-state index in [1.165, 1.54) is 16.2 Å². The van der Waals surface area contributed by atoms with Crippen molar-refractivity contribution >= 4 is 28.2 Å². The van der Waals surface area contributed by atoms with Gasteiger partial charge in [-0.15, -0.1) is 11.3 Å². The number of rotatable bonds is 7. The first-order valence-electron chi connectivity index (χ1n) is 9.05. The lowest BCUT2D eigenvalue weighted by atomic mass is 10.1. The first-order valence-corrected chi connectivity index (χ1v) is 9.93. The van der Waals surface area contributed by atoms with Gasteiger partial charge in [0.05, 0.1) is 36.8 Å². The fourth-order valence-electron chi connectivity index (χ4n) is 3.20. The standard InChI is InChI=1S/C19H21N7OS/c1-25(10-4-8-20)18(27)15-13-28-19(23-15)24-17-7-2-5-14(22-17)16-6-3-11-26(16)12-9-21/h2,5,7,13,16H,3-4,6,10-12H2,1H3,(H,22,23,24)/t16-/m1/s1. The fourth-order valence-corrected chi connectivity index (χ4v) is 3.89. The molecule has 9 heteroatoms. The highest BCUT2D eigenvalue weighted by atomic mass is 32.1. The smallest absolute Gasteiger partial charge is 0.273 e. The maximum absolute atomic E-state index is 12.3. The molecule has 0 aliphatic carbocycles. The number of hydrogen-bond acceptors (Lipinski definition) is 8. The fraction of sp³-hybridized carbons (Fsp3) is 0.421. The van der Waals surface area contributed by atoms with Gasteiger partial charge in [0.1, 0.15) is 11.5 Å². The third-order valence-corrected chi connectivity index (χ3v) is 5.37. The Labute approximate surface area is 168 Å². The molecule has 0 unspecified atom stereocenters. The van der Waals surface area contributed by atoms with Crippen LogP contribution < -0.4 is 5.32 Å². The minimum atomic E-state index is -0.209. The van der Waals surface area contributed by atoms with Gasteiger partial charge in [0.2, 0.25) is 0 Å². The Hall–Kier alpha value is -3.01. The van der Waals surface area contributed by atoms with Crippen LogP contribution in [0, 0.1) is 22.7 Å². The van der Waals surface area contributed by atoms with E-state index in [2.05, 4.69) is 26.3 Å². The van der Waals surface area contributed by atoms with E-state index < -0.39 is 0 Å². The monoisotopic (exact) mass is 395 g/mol. The zero-order valence-corrected chi connectivity index (χ0v) is 16.4. The second-order valence-corrected chi connectivity index (χ2v) is 7.39. The Morgan fingerprint density at radius 1 is 1.39 bits per heavy atom. The molecule has 0 spiro atoms. The molecular weight excluding hydrogens is 374 g/mol. The number of nitriles is 2. The van der Waals surface area contributed by atoms with Gasteiger partial charge in [-0.3, -0.25) is 9.69 Å². The number of anilines is 2. The zero-order chi connectivity index (χ0) is 19.9. The molecule has 3 heterocycles. The van der Waals surface area contributed by atoms with E-state index in [1.54, 1.807) is 12.4 Å². The Kier molecular flexibility index (Phi) is 6.53. The summed E-state index contributed by atoms with van der Waals surface area (Å²) in [6, 6.07) is 10.2. The van der Waals surface area contributed by atoms with E-state index in [9.17, 15) is 4.79 Å². The first-order chi connectivity index (χ1) is 13.6. The summed E-state index contributed by atoms with van der Waals surface area (Å²) in [4.78, 5) is 25.0. The zero-order valence-electron chi connectivity index (χ0n) is 15.6. The van der Waals surface area contributed by atoms with Crippen molar-refractivity contribution in [3.8, 4) is 12.1 Å². The number of carbonyl (C=O) groups is 1. The number of carbonyl (C=O) groups excluding carboxylic acids is 1. The number of pyridine rings is 1. The molecule has 0 aromatic carbocycles. The number of amides is 1. The van der Waals surface area contributed by atoms with Crippen molar-refractivity contribution in [2.45, 2.75) is 25.3 Å². The van der Waals surface area contributed by atoms with Crippen LogP contribution in [0.25, 0.3) is 0 Å². The molecule has 1 saturated heterocycles. The summed E-state index contributed by atoms with van der Waals surface area (Å²) >= 11 is 1.33. The lowest BCUT2D eigenvalue weighted by molar-refractivity contribution is 0.0793. The van der Waals surface area contributed by atoms with E-state index in [0.717, 1.165) is 25.1 Å². The van der Waals surface area contributed by atoms with E-state index >= 15 is 0 Å². The van der Waals surface area contributed by atoms with Crippen molar-refractivity contribution in [1.29, 1.82) is 10.5 Å². The molecular formula is C19H21N7OS. The number of nitrogens with zero attached hydrogens (tertiary/aromatic N) is 6. The molecule has 1 amide bonds. The topological polar surface area (TPSA) is 109 Å². The van der Waals surface area contributed by atoms with Crippen LogP contribution in [-0.4, -0.2) is 52.4 Å². The summed E-state index contributed by atoms with van der Waals surface area (Å²) in [5.41, 5.74) is 1.28. The Bertz CT molecular complexity index is 913. The van der Waals surface area contributed by atoms with Crippen LogP contribution in [0.2, 0.25) is 0 Å². The SMILES string of the molecule is CN(CCC#N)C(=O)c1csc(Nc2cccc([C@H]3CCCN3CC#N)n2)n1. The molecule has 1 N–H and O–H groups in total. The molecule has 1 aliphatic heterocycles. The van der Waals surface area contributed by atoms with Crippen LogP contribution in [0.15, 0.2) is 23.6 Å². The van der Waals surface area contributed by atoms with Crippen LogP contribution in [-0.2, 0) is 0 Å². The summed E-state index contributed by atoms with van der Waals surface area (Å²) in [6.07, 6.45) is 2.34. The first kappa shape index (κ1) is 19.7. The van der Waals surface area contributed by atoms with E-state index in [-0.39, 0.29) is 18.4 Å². The van der Waals surface area contributed by atoms with Crippen LogP contribution >= 0.6 is 11.3 Å². The van der Waals surface area contributed by atoms with Crippen molar-refractivity contribution in [2.75, 3.05) is 32.0 Å². The van der Waals surface area contributed by atoms with Gasteiger partial charge in [-0.1, -0.05) is 6.07 Å². The van der Waals surface area contributed by atoms with E-state index in [4.69, 9.17) is 10.5 Å². The van der Waals surface area contributed by atoms with Gasteiger partial charge in [-0.25, -0.2) is 9.97 Å². The summed E-state index contributed by atoms with van der Waals surface area (Å²) in [5.74, 6) is 0.451. The van der Waals surface area contributed by atoms with Crippen LogP contribution in [0.5, 0.6) is 0 Å². The van der Waals surface area contributed by atoms with Gasteiger partial charge in [0.15, 0.2) is 5.13 Å². The largest absolute Gasteiger partial charge is 0.339 e.